The fourth-order valence-electron chi connectivity index (χ4n) is 2.32. The maximum Gasteiger partial charge on any atom is 0.0657 e. The van der Waals surface area contributed by atoms with Crippen LogP contribution in [0.15, 0.2) is 73.0 Å². The molecule has 0 bridgehead atoms. The van der Waals surface area contributed by atoms with Crippen LogP contribution >= 0.6 is 94.1 Å². The van der Waals surface area contributed by atoms with E-state index in [-0.39, 0.29) is 0 Å². The fourth-order valence-corrected chi connectivity index (χ4v) is 12.2. The first-order chi connectivity index (χ1) is 13.2. The van der Waals surface area contributed by atoms with Crippen LogP contribution in [0.3, 0.4) is 0 Å². The second kappa shape index (κ2) is 11.4. The van der Waals surface area contributed by atoms with Crippen LogP contribution in [-0.2, 0) is 0 Å². The molecule has 0 saturated carbocycles. The average Bonchev–Trinajstić information content (AvgIpc) is 3.43. The number of rotatable bonds is 7. The van der Waals surface area contributed by atoms with Crippen molar-refractivity contribution in [2.24, 2.45) is 0 Å². The third-order valence-corrected chi connectivity index (χ3v) is 14.0. The fraction of sp³-hybridized carbons (Fsp3) is 0.263. The zero-order valence-corrected chi connectivity index (χ0v) is 22.0. The molecule has 0 spiro atoms. The lowest BCUT2D eigenvalue weighted by Crippen LogP contribution is -1.79. The zero-order valence-electron chi connectivity index (χ0n) is 15.4. The van der Waals surface area contributed by atoms with Crippen molar-refractivity contribution in [1.29, 1.82) is 0 Å². The predicted molar refractivity (Wildman–Crippen MR) is 145 cm³/mol. The van der Waals surface area contributed by atoms with Gasteiger partial charge in [-0.05, 0) is 48.7 Å². The summed E-state index contributed by atoms with van der Waals surface area (Å²) in [4.78, 5) is 0. The monoisotopic (exact) mass is 504 g/mol. The van der Waals surface area contributed by atoms with Gasteiger partial charge in [0.25, 0.3) is 0 Å². The Bertz CT molecular complexity index is 772. The average molecular weight is 505 g/mol. The van der Waals surface area contributed by atoms with Gasteiger partial charge < -0.3 is 0 Å². The SMILES string of the molecule is CSC1=C(SC)SC(=CC(/C=C/C2=CC=CC2)=C2SC(SC)=C(SC)S2)S1. The summed E-state index contributed by atoms with van der Waals surface area (Å²) in [7, 11) is 0. The van der Waals surface area contributed by atoms with Gasteiger partial charge in [0.15, 0.2) is 0 Å². The van der Waals surface area contributed by atoms with Crippen molar-refractivity contribution in [3.63, 3.8) is 0 Å². The predicted octanol–water partition coefficient (Wildman–Crippen LogP) is 9.15. The van der Waals surface area contributed by atoms with E-state index in [1.54, 1.807) is 0 Å². The molecule has 2 aliphatic heterocycles. The summed E-state index contributed by atoms with van der Waals surface area (Å²) >= 11 is 15.1. The summed E-state index contributed by atoms with van der Waals surface area (Å²) in [6, 6.07) is 0. The van der Waals surface area contributed by atoms with E-state index in [0.717, 1.165) is 6.42 Å². The molecule has 0 nitrogen and oxygen atoms in total. The molecule has 0 fully saturated rings. The highest BCUT2D eigenvalue weighted by atomic mass is 32.3. The Morgan fingerprint density at radius 3 is 1.89 bits per heavy atom. The molecular formula is C19H20S8. The summed E-state index contributed by atoms with van der Waals surface area (Å²) < 4.78 is 8.46. The van der Waals surface area contributed by atoms with E-state index in [4.69, 9.17) is 0 Å². The third kappa shape index (κ3) is 6.00. The Hall–Kier alpha value is 0.980. The lowest BCUT2D eigenvalue weighted by atomic mass is 10.2. The molecule has 0 radical (unpaired) electrons. The van der Waals surface area contributed by atoms with Crippen molar-refractivity contribution < 1.29 is 0 Å². The van der Waals surface area contributed by atoms with Crippen LogP contribution in [0, 0.1) is 0 Å². The van der Waals surface area contributed by atoms with Crippen LogP contribution in [0.4, 0.5) is 0 Å². The van der Waals surface area contributed by atoms with Gasteiger partial charge in [0.05, 0.1) is 25.4 Å². The molecule has 8 heteroatoms. The lowest BCUT2D eigenvalue weighted by molar-refractivity contribution is 1.33. The van der Waals surface area contributed by atoms with Gasteiger partial charge in [0, 0.05) is 0 Å². The zero-order chi connectivity index (χ0) is 19.2. The minimum atomic E-state index is 1.04. The topological polar surface area (TPSA) is 0 Å². The Labute approximate surface area is 196 Å². The van der Waals surface area contributed by atoms with Crippen LogP contribution in [0.5, 0.6) is 0 Å². The Kier molecular flexibility index (Phi) is 9.56. The molecular weight excluding hydrogens is 485 g/mol. The standard InChI is InChI=1S/C19H20S8/c1-20-16-17(21-2)25-14(24-16)11-13(10-9-12-7-5-6-8-12)15-26-18(22-3)19(23-4)27-15/h5-7,9-11H,8H2,1-4H3/b10-9+. The van der Waals surface area contributed by atoms with E-state index in [2.05, 4.69) is 61.5 Å². The number of allylic oxidation sites excluding steroid dienone is 8. The van der Waals surface area contributed by atoms with Gasteiger partial charge in [-0.15, -0.1) is 47.0 Å². The maximum atomic E-state index is 2.38. The molecule has 0 N–H and O–H groups in total. The van der Waals surface area contributed by atoms with Crippen molar-refractivity contribution in [3.8, 4) is 0 Å². The second-order valence-corrected chi connectivity index (χ2v) is 14.3. The van der Waals surface area contributed by atoms with Gasteiger partial charge in [-0.1, -0.05) is 77.4 Å². The molecule has 0 aromatic carbocycles. The summed E-state index contributed by atoms with van der Waals surface area (Å²) in [6.07, 6.45) is 23.3. The molecule has 144 valence electrons. The quantitative estimate of drug-likeness (QED) is 0.332. The van der Waals surface area contributed by atoms with Crippen molar-refractivity contribution in [2.45, 2.75) is 6.42 Å². The van der Waals surface area contributed by atoms with E-state index in [1.165, 1.54) is 36.6 Å². The van der Waals surface area contributed by atoms with Crippen LogP contribution in [0.1, 0.15) is 6.42 Å². The summed E-state index contributed by atoms with van der Waals surface area (Å²) in [5.41, 5.74) is 2.70. The first kappa shape index (κ1) is 22.7. The molecule has 2 heterocycles. The van der Waals surface area contributed by atoms with Crippen LogP contribution < -0.4 is 0 Å². The lowest BCUT2D eigenvalue weighted by Gasteiger charge is -2.04. The van der Waals surface area contributed by atoms with E-state index >= 15 is 0 Å². The normalized spacial score (nSPS) is 19.9. The number of hydrogen-bond acceptors (Lipinski definition) is 8. The van der Waals surface area contributed by atoms with Gasteiger partial charge in [0.2, 0.25) is 0 Å². The summed E-state index contributed by atoms with van der Waals surface area (Å²) in [5.74, 6) is 0. The minimum Gasteiger partial charge on any atom is -0.121 e. The first-order valence-electron chi connectivity index (χ1n) is 8.04. The molecule has 27 heavy (non-hydrogen) atoms. The summed E-state index contributed by atoms with van der Waals surface area (Å²) in [6.45, 7) is 0. The van der Waals surface area contributed by atoms with E-state index < -0.39 is 0 Å². The van der Waals surface area contributed by atoms with E-state index in [9.17, 15) is 0 Å². The maximum absolute atomic E-state index is 2.38. The van der Waals surface area contributed by atoms with Crippen molar-refractivity contribution >= 4 is 94.1 Å². The van der Waals surface area contributed by atoms with Crippen molar-refractivity contribution in [3.05, 3.63) is 73.0 Å². The Balaban J connectivity index is 1.88. The van der Waals surface area contributed by atoms with Crippen LogP contribution in [0.2, 0.25) is 0 Å². The van der Waals surface area contributed by atoms with Gasteiger partial charge in [0.1, 0.15) is 0 Å². The molecule has 0 aromatic rings. The highest BCUT2D eigenvalue weighted by Crippen LogP contribution is 2.59. The van der Waals surface area contributed by atoms with E-state index in [1.807, 2.05) is 94.1 Å². The minimum absolute atomic E-state index is 1.04. The Morgan fingerprint density at radius 2 is 1.41 bits per heavy atom. The van der Waals surface area contributed by atoms with Crippen molar-refractivity contribution in [2.75, 3.05) is 25.0 Å². The van der Waals surface area contributed by atoms with Crippen LogP contribution in [-0.4, -0.2) is 25.0 Å². The van der Waals surface area contributed by atoms with Crippen molar-refractivity contribution in [1.82, 2.24) is 0 Å². The highest BCUT2D eigenvalue weighted by molar-refractivity contribution is 8.41. The highest BCUT2D eigenvalue weighted by Gasteiger charge is 2.24. The Morgan fingerprint density at radius 1 is 0.852 bits per heavy atom. The third-order valence-electron chi connectivity index (χ3n) is 3.62. The van der Waals surface area contributed by atoms with Gasteiger partial charge in [-0.2, -0.15) is 0 Å². The molecule has 3 rings (SSSR count). The molecule has 0 aromatic heterocycles. The molecule has 3 aliphatic rings. The summed E-state index contributed by atoms with van der Waals surface area (Å²) in [5, 5.41) is 0. The largest absolute Gasteiger partial charge is 0.121 e. The van der Waals surface area contributed by atoms with Gasteiger partial charge >= 0.3 is 0 Å². The first-order valence-corrected chi connectivity index (χ1v) is 16.2. The smallest absolute Gasteiger partial charge is 0.0657 e. The number of hydrogen-bond donors (Lipinski definition) is 0. The molecule has 0 saturated heterocycles. The molecule has 0 unspecified atom stereocenters. The van der Waals surface area contributed by atoms with Gasteiger partial charge in [-0.25, -0.2) is 0 Å². The van der Waals surface area contributed by atoms with Crippen LogP contribution in [0.25, 0.3) is 0 Å². The second-order valence-electron chi connectivity index (χ2n) is 5.29. The molecule has 1 aliphatic carbocycles. The van der Waals surface area contributed by atoms with E-state index in [0.29, 0.717) is 0 Å². The molecule has 0 amide bonds. The molecule has 0 atom stereocenters. The number of thioether (sulfide) groups is 8. The van der Waals surface area contributed by atoms with Gasteiger partial charge in [-0.3, -0.25) is 0 Å².